The number of esters is 1. The first-order chi connectivity index (χ1) is 22.9. The van der Waals surface area contributed by atoms with Gasteiger partial charge in [0.25, 0.3) is 0 Å². The van der Waals surface area contributed by atoms with Crippen LogP contribution in [0.5, 0.6) is 5.75 Å². The molecule has 5 aromatic rings. The summed E-state index contributed by atoms with van der Waals surface area (Å²) in [5.41, 5.74) is 5.63. The minimum absolute atomic E-state index is 0.386. The summed E-state index contributed by atoms with van der Waals surface area (Å²) in [5, 5.41) is 3.84. The van der Waals surface area contributed by atoms with Gasteiger partial charge in [0.15, 0.2) is 0 Å². The van der Waals surface area contributed by atoms with Crippen molar-refractivity contribution in [3.63, 3.8) is 0 Å². The van der Waals surface area contributed by atoms with Crippen molar-refractivity contribution >= 4 is 53.1 Å². The maximum atomic E-state index is 12.4. The standard InChI is InChI=1S/C38H35Cl2N3O5/c1-38(2,3)48-37(45)42-32-20-28(15-18-34(32)46-4)26-11-6-24(7-12-26)10-19-35-41-33(30-17-16-29(39)21-31(30)40)23-43(35)22-25-8-13-27(14-9-25)36(44)47-5/h6-21,23H,22H2,1-5H3,(H,42,45). The van der Waals surface area contributed by atoms with Crippen molar-refractivity contribution in [3.8, 4) is 28.1 Å². The molecule has 0 atom stereocenters. The Morgan fingerprint density at radius 3 is 2.23 bits per heavy atom. The third kappa shape index (κ3) is 8.64. The van der Waals surface area contributed by atoms with E-state index in [0.29, 0.717) is 45.1 Å². The van der Waals surface area contributed by atoms with Crippen LogP contribution in [-0.4, -0.2) is 41.4 Å². The minimum Gasteiger partial charge on any atom is -0.495 e. The van der Waals surface area contributed by atoms with Gasteiger partial charge in [0.2, 0.25) is 0 Å². The van der Waals surface area contributed by atoms with E-state index in [1.807, 2.05) is 104 Å². The first-order valence-corrected chi connectivity index (χ1v) is 15.8. The van der Waals surface area contributed by atoms with E-state index in [-0.39, 0.29) is 5.97 Å². The number of ether oxygens (including phenoxy) is 3. The largest absolute Gasteiger partial charge is 0.495 e. The molecule has 5 rings (SSSR count). The van der Waals surface area contributed by atoms with Gasteiger partial charge in [0.1, 0.15) is 17.2 Å². The van der Waals surface area contributed by atoms with Gasteiger partial charge in [-0.1, -0.05) is 71.7 Å². The van der Waals surface area contributed by atoms with E-state index in [1.165, 1.54) is 7.11 Å². The summed E-state index contributed by atoms with van der Waals surface area (Å²) in [6.07, 6.45) is 5.32. The molecule has 0 saturated carbocycles. The van der Waals surface area contributed by atoms with Gasteiger partial charge in [0.05, 0.1) is 36.2 Å². The van der Waals surface area contributed by atoms with Crippen LogP contribution in [0, 0.1) is 0 Å². The lowest BCUT2D eigenvalue weighted by atomic mass is 10.0. The van der Waals surface area contributed by atoms with Crippen molar-refractivity contribution < 1.29 is 23.8 Å². The SMILES string of the molecule is COC(=O)c1ccc(Cn2cc(-c3ccc(Cl)cc3Cl)nc2C=Cc2ccc(-c3ccc(OC)c(NC(=O)OC(C)(C)C)c3)cc2)cc1. The van der Waals surface area contributed by atoms with Crippen molar-refractivity contribution in [2.75, 3.05) is 19.5 Å². The molecule has 0 unspecified atom stereocenters. The third-order valence-electron chi connectivity index (χ3n) is 7.25. The molecule has 0 spiro atoms. The Kier molecular flexibility index (Phi) is 10.6. The van der Waals surface area contributed by atoms with E-state index in [2.05, 4.69) is 5.32 Å². The predicted molar refractivity (Wildman–Crippen MR) is 192 cm³/mol. The molecule has 1 N–H and O–H groups in total. The molecule has 0 radical (unpaired) electrons. The fraction of sp³-hybridized carbons (Fsp3) is 0.184. The van der Waals surface area contributed by atoms with Gasteiger partial charge in [-0.2, -0.15) is 0 Å². The first-order valence-electron chi connectivity index (χ1n) is 15.1. The van der Waals surface area contributed by atoms with Crippen molar-refractivity contribution in [1.82, 2.24) is 9.55 Å². The quantitative estimate of drug-likeness (QED) is 0.156. The van der Waals surface area contributed by atoms with Crippen LogP contribution in [0.3, 0.4) is 0 Å². The van der Waals surface area contributed by atoms with Crippen LogP contribution in [0.4, 0.5) is 10.5 Å². The smallest absolute Gasteiger partial charge is 0.412 e. The van der Waals surface area contributed by atoms with Crippen LogP contribution < -0.4 is 10.1 Å². The second-order valence-electron chi connectivity index (χ2n) is 11.9. The number of benzene rings is 4. The second-order valence-corrected chi connectivity index (χ2v) is 12.8. The van der Waals surface area contributed by atoms with Crippen molar-refractivity contribution in [2.45, 2.75) is 32.9 Å². The number of hydrogen-bond donors (Lipinski definition) is 1. The Bertz CT molecular complexity index is 1960. The number of imidazole rings is 1. The van der Waals surface area contributed by atoms with E-state index in [1.54, 1.807) is 31.4 Å². The lowest BCUT2D eigenvalue weighted by molar-refractivity contribution is 0.0598. The van der Waals surface area contributed by atoms with Gasteiger partial charge in [-0.15, -0.1) is 0 Å². The fourth-order valence-corrected chi connectivity index (χ4v) is 5.44. The van der Waals surface area contributed by atoms with Crippen molar-refractivity contribution in [3.05, 3.63) is 124 Å². The molecule has 1 heterocycles. The highest BCUT2D eigenvalue weighted by Crippen LogP contribution is 2.32. The summed E-state index contributed by atoms with van der Waals surface area (Å²) in [6, 6.07) is 26.2. The molecule has 0 fully saturated rings. The Morgan fingerprint density at radius 1 is 0.875 bits per heavy atom. The summed E-state index contributed by atoms with van der Waals surface area (Å²) in [5.74, 6) is 0.854. The monoisotopic (exact) mass is 683 g/mol. The van der Waals surface area contributed by atoms with Gasteiger partial charge in [-0.3, -0.25) is 5.32 Å². The number of rotatable bonds is 9. The molecular weight excluding hydrogens is 649 g/mol. The average molecular weight is 685 g/mol. The Labute approximate surface area is 289 Å². The van der Waals surface area contributed by atoms with Crippen LogP contribution >= 0.6 is 23.2 Å². The lowest BCUT2D eigenvalue weighted by Crippen LogP contribution is -2.27. The third-order valence-corrected chi connectivity index (χ3v) is 7.79. The molecule has 4 aromatic carbocycles. The zero-order valence-corrected chi connectivity index (χ0v) is 28.7. The minimum atomic E-state index is -0.628. The zero-order valence-electron chi connectivity index (χ0n) is 27.2. The summed E-state index contributed by atoms with van der Waals surface area (Å²) < 4.78 is 17.7. The van der Waals surface area contributed by atoms with Crippen LogP contribution in [0.1, 0.15) is 48.1 Å². The first kappa shape index (κ1) is 34.3. The lowest BCUT2D eigenvalue weighted by Gasteiger charge is -2.20. The number of halogens is 2. The highest BCUT2D eigenvalue weighted by Gasteiger charge is 2.18. The highest BCUT2D eigenvalue weighted by atomic mass is 35.5. The predicted octanol–water partition coefficient (Wildman–Crippen LogP) is 9.88. The summed E-state index contributed by atoms with van der Waals surface area (Å²) in [7, 11) is 2.91. The number of carbonyl (C=O) groups is 2. The molecule has 48 heavy (non-hydrogen) atoms. The van der Waals surface area contributed by atoms with E-state index >= 15 is 0 Å². The molecular formula is C38H35Cl2N3O5. The van der Waals surface area contributed by atoms with Gasteiger partial charge < -0.3 is 18.8 Å². The van der Waals surface area contributed by atoms with Crippen LogP contribution in [0.2, 0.25) is 10.0 Å². The molecule has 1 amide bonds. The number of nitrogens with one attached hydrogen (secondary N) is 1. The van der Waals surface area contributed by atoms with E-state index in [0.717, 1.165) is 27.8 Å². The van der Waals surface area contributed by atoms with Crippen LogP contribution in [0.25, 0.3) is 34.5 Å². The van der Waals surface area contributed by atoms with E-state index < -0.39 is 11.7 Å². The molecule has 8 nitrogen and oxygen atoms in total. The van der Waals surface area contributed by atoms with Gasteiger partial charge in [-0.25, -0.2) is 14.6 Å². The summed E-state index contributed by atoms with van der Waals surface area (Å²) in [4.78, 5) is 29.2. The van der Waals surface area contributed by atoms with Crippen molar-refractivity contribution in [1.29, 1.82) is 0 Å². The van der Waals surface area contributed by atoms with E-state index in [4.69, 9.17) is 42.4 Å². The average Bonchev–Trinajstić information content (AvgIpc) is 3.44. The number of aromatic nitrogens is 2. The van der Waals surface area contributed by atoms with Gasteiger partial charge in [0, 0.05) is 23.3 Å². The number of amides is 1. The molecule has 0 aliphatic carbocycles. The van der Waals surface area contributed by atoms with Crippen molar-refractivity contribution in [2.24, 2.45) is 0 Å². The van der Waals surface area contributed by atoms with Gasteiger partial charge >= 0.3 is 12.1 Å². The maximum absolute atomic E-state index is 12.4. The summed E-state index contributed by atoms with van der Waals surface area (Å²) >= 11 is 12.7. The highest BCUT2D eigenvalue weighted by molar-refractivity contribution is 6.36. The Hall–Kier alpha value is -5.05. The topological polar surface area (TPSA) is 91.7 Å². The van der Waals surface area contributed by atoms with Crippen LogP contribution in [0.15, 0.2) is 91.1 Å². The van der Waals surface area contributed by atoms with Gasteiger partial charge in [-0.05, 0) is 91.6 Å². The number of nitrogens with zero attached hydrogens (tertiary/aromatic N) is 2. The Morgan fingerprint density at radius 2 is 1.58 bits per heavy atom. The molecule has 0 saturated heterocycles. The second kappa shape index (κ2) is 14.8. The molecule has 1 aromatic heterocycles. The Balaban J connectivity index is 1.40. The van der Waals surface area contributed by atoms with Crippen LogP contribution in [-0.2, 0) is 16.0 Å². The zero-order chi connectivity index (χ0) is 34.4. The van der Waals surface area contributed by atoms with E-state index in [9.17, 15) is 9.59 Å². The number of anilines is 1. The maximum Gasteiger partial charge on any atom is 0.412 e. The number of carbonyl (C=O) groups excluding carboxylic acids is 2. The summed E-state index contributed by atoms with van der Waals surface area (Å²) in [6.45, 7) is 5.94. The normalized spacial score (nSPS) is 11.4. The molecule has 0 aliphatic rings. The molecule has 246 valence electrons. The molecule has 0 bridgehead atoms. The molecule has 10 heteroatoms. The molecule has 0 aliphatic heterocycles. The number of hydrogen-bond acceptors (Lipinski definition) is 6. The fourth-order valence-electron chi connectivity index (χ4n) is 4.93. The number of methoxy groups -OCH3 is 2.